The molecule has 326 valence electrons. The first-order chi connectivity index (χ1) is 24.8. The Labute approximate surface area is 385 Å². The van der Waals surface area contributed by atoms with E-state index >= 15 is 0 Å². The highest BCUT2D eigenvalue weighted by Gasteiger charge is 2.55. The largest absolute Gasteiger partial charge is 0.412 e. The molecular weight excluding hydrogens is 962 g/mol. The Morgan fingerprint density at radius 3 is 1.93 bits per heavy atom. The second kappa shape index (κ2) is 22.0. The predicted molar refractivity (Wildman–Crippen MR) is 237 cm³/mol. The minimum Gasteiger partial charge on any atom is -0.412 e. The second-order valence-corrected chi connectivity index (χ2v) is 28.0. The van der Waals surface area contributed by atoms with Crippen LogP contribution in [0, 0.1) is 0 Å². The van der Waals surface area contributed by atoms with Crippen molar-refractivity contribution >= 4 is 136 Å². The fourth-order valence-corrected chi connectivity index (χ4v) is 11.1. The standard InChI is InChI=1S/C36H59Cl11O7Si/c1-18(48)12-11-13-20(38)24(40)22(54-55(9,10)33(2,3)4)16-21(39)25(41)30(49)27(43)26(42)28(44)31-29(45)32(53-35(7,8)52-31)36(46,47)15-14-19(37)23-17-50-34(5,6)51-23/h11-12,18-32,48-49H,13-17H2,1-10H3/b12-11+/t18-,19-,20+,21-,22-,23-,24-,25-,26+,27+,28-,29-,30+,31-,32+/m0/s1. The average Bonchev–Trinajstić information content (AvgIpc) is 3.44. The highest BCUT2D eigenvalue weighted by molar-refractivity contribution is 6.74. The number of alkyl halides is 11. The maximum absolute atomic E-state index is 11.5. The topological polar surface area (TPSA) is 86.6 Å². The monoisotopic (exact) mass is 1020 g/mol. The molecule has 0 saturated carbocycles. The van der Waals surface area contributed by atoms with Crippen molar-refractivity contribution in [3.63, 3.8) is 0 Å². The van der Waals surface area contributed by atoms with Crippen molar-refractivity contribution in [3.05, 3.63) is 12.2 Å². The molecule has 7 nitrogen and oxygen atoms in total. The number of hydrogen-bond donors (Lipinski definition) is 2. The Kier molecular flexibility index (Phi) is 21.6. The molecular formula is C36H59Cl11O7Si. The van der Waals surface area contributed by atoms with Crippen LogP contribution in [0.5, 0.6) is 0 Å². The van der Waals surface area contributed by atoms with Crippen molar-refractivity contribution in [1.29, 1.82) is 0 Å². The van der Waals surface area contributed by atoms with E-state index in [4.69, 9.17) is 151 Å². The van der Waals surface area contributed by atoms with Crippen molar-refractivity contribution in [2.75, 3.05) is 6.61 Å². The third-order valence-corrected chi connectivity index (χ3v) is 20.6. The number of halogens is 11. The summed E-state index contributed by atoms with van der Waals surface area (Å²) >= 11 is 75.6. The minimum absolute atomic E-state index is 0.134. The Balaban J connectivity index is 2.20. The molecule has 55 heavy (non-hydrogen) atoms. The van der Waals surface area contributed by atoms with E-state index in [0.717, 1.165) is 0 Å². The summed E-state index contributed by atoms with van der Waals surface area (Å²) in [6.07, 6.45) is -0.593. The lowest BCUT2D eigenvalue weighted by molar-refractivity contribution is -0.299. The molecule has 0 amide bonds. The van der Waals surface area contributed by atoms with E-state index in [1.54, 1.807) is 32.9 Å². The predicted octanol–water partition coefficient (Wildman–Crippen LogP) is 11.5. The molecule has 0 bridgehead atoms. The van der Waals surface area contributed by atoms with Crippen LogP contribution in [-0.2, 0) is 23.4 Å². The van der Waals surface area contributed by atoms with Gasteiger partial charge >= 0.3 is 0 Å². The van der Waals surface area contributed by atoms with Gasteiger partial charge < -0.3 is 33.6 Å². The van der Waals surface area contributed by atoms with Gasteiger partial charge in [0.2, 0.25) is 0 Å². The lowest BCUT2D eigenvalue weighted by Gasteiger charge is -2.49. The number of hydrogen-bond acceptors (Lipinski definition) is 7. The third-order valence-electron chi connectivity index (χ3n) is 10.1. The van der Waals surface area contributed by atoms with Crippen LogP contribution in [0.15, 0.2) is 12.2 Å². The van der Waals surface area contributed by atoms with Crippen molar-refractivity contribution in [2.45, 2.75) is 200 Å². The molecule has 2 heterocycles. The van der Waals surface area contributed by atoms with Gasteiger partial charge in [0.1, 0.15) is 16.5 Å². The number of ether oxygens (including phenoxy) is 4. The Morgan fingerprint density at radius 2 is 1.42 bits per heavy atom. The van der Waals surface area contributed by atoms with Gasteiger partial charge in [-0.2, -0.15) is 0 Å². The second-order valence-electron chi connectivity index (χ2n) is 16.9. The fourth-order valence-electron chi connectivity index (χ4n) is 5.93. The van der Waals surface area contributed by atoms with Crippen LogP contribution < -0.4 is 0 Å². The SMILES string of the molecule is C[C@H](O)/C=C/C[C@@H](Cl)[C@H](Cl)[C@H](C[C@H](Cl)[C@H](Cl)[C@@H](O)[C@H](Cl)[C@@H](Cl)[C@H](Cl)[C@@H]1OC(C)(C)O[C@@H](C(Cl)(Cl)CC[C@H](Cl)[C@@H]2COC(C)(C)O2)[C@H]1Cl)O[Si](C)(C)C(C)(C)C. The van der Waals surface area contributed by atoms with E-state index < -0.39 is 103 Å². The highest BCUT2D eigenvalue weighted by atomic mass is 35.5. The fraction of sp³-hybridized carbons (Fsp3) is 0.944. The molecule has 2 saturated heterocycles. The van der Waals surface area contributed by atoms with Crippen LogP contribution in [0.2, 0.25) is 18.1 Å². The molecule has 0 aromatic carbocycles. The van der Waals surface area contributed by atoms with E-state index in [9.17, 15) is 10.2 Å². The van der Waals surface area contributed by atoms with Crippen molar-refractivity contribution in [3.8, 4) is 0 Å². The van der Waals surface area contributed by atoms with Crippen LogP contribution >= 0.6 is 128 Å². The first-order valence-corrected chi connectivity index (χ1v) is 26.0. The molecule has 0 aromatic heterocycles. The van der Waals surface area contributed by atoms with Crippen LogP contribution in [0.4, 0.5) is 0 Å². The van der Waals surface area contributed by atoms with E-state index in [0.29, 0.717) is 19.4 Å². The van der Waals surface area contributed by atoms with E-state index in [2.05, 4.69) is 33.9 Å². The zero-order valence-corrected chi connectivity index (χ0v) is 42.3. The molecule has 2 aliphatic rings. The normalized spacial score (nSPS) is 29.9. The van der Waals surface area contributed by atoms with Gasteiger partial charge in [-0.1, -0.05) is 56.1 Å². The first-order valence-electron chi connectivity index (χ1n) is 18.4. The quantitative estimate of drug-likeness (QED) is 0.0714. The molecule has 2 aliphatic heterocycles. The van der Waals surface area contributed by atoms with Crippen LogP contribution in [-0.4, -0.2) is 126 Å². The molecule has 2 rings (SSSR count). The average molecular weight is 1020 g/mol. The molecule has 15 atom stereocenters. The summed E-state index contributed by atoms with van der Waals surface area (Å²) in [7, 11) is -2.39. The zero-order chi connectivity index (χ0) is 42.6. The number of rotatable bonds is 20. The van der Waals surface area contributed by atoms with E-state index in [-0.39, 0.29) is 24.0 Å². The summed E-state index contributed by atoms with van der Waals surface area (Å²) in [6, 6.07) is 0. The van der Waals surface area contributed by atoms with Gasteiger partial charge in [0.05, 0.1) is 79.4 Å². The first kappa shape index (κ1) is 54.0. The highest BCUT2D eigenvalue weighted by Crippen LogP contribution is 2.47. The summed E-state index contributed by atoms with van der Waals surface area (Å²) in [5.41, 5.74) is 0. The molecule has 0 aliphatic carbocycles. The smallest absolute Gasteiger partial charge is 0.192 e. The van der Waals surface area contributed by atoms with Gasteiger partial charge in [0, 0.05) is 0 Å². The van der Waals surface area contributed by atoms with Crippen LogP contribution in [0.25, 0.3) is 0 Å². The molecule has 2 fully saturated rings. The Morgan fingerprint density at radius 1 is 0.836 bits per heavy atom. The van der Waals surface area contributed by atoms with Crippen molar-refractivity contribution in [2.24, 2.45) is 0 Å². The lowest BCUT2D eigenvalue weighted by atomic mass is 9.94. The lowest BCUT2D eigenvalue weighted by Crippen LogP contribution is -2.62. The van der Waals surface area contributed by atoms with Gasteiger partial charge in [-0.25, -0.2) is 0 Å². The summed E-state index contributed by atoms with van der Waals surface area (Å²) in [4.78, 5) is 0. The minimum atomic E-state index is -2.39. The van der Waals surface area contributed by atoms with E-state index in [1.807, 2.05) is 13.8 Å². The Hall–Kier alpha value is 2.87. The van der Waals surface area contributed by atoms with Gasteiger partial charge in [0.25, 0.3) is 0 Å². The van der Waals surface area contributed by atoms with Crippen LogP contribution in [0.1, 0.15) is 81.1 Å². The summed E-state index contributed by atoms with van der Waals surface area (Å²) in [5.74, 6) is -1.98. The summed E-state index contributed by atoms with van der Waals surface area (Å²) < 4.78 is 29.1. The summed E-state index contributed by atoms with van der Waals surface area (Å²) in [6.45, 7) is 19.4. The number of aliphatic hydroxyl groups is 2. The molecule has 0 unspecified atom stereocenters. The molecule has 19 heteroatoms. The van der Waals surface area contributed by atoms with Gasteiger partial charge in [-0.3, -0.25) is 0 Å². The van der Waals surface area contributed by atoms with Crippen molar-refractivity contribution in [1.82, 2.24) is 0 Å². The zero-order valence-electron chi connectivity index (χ0n) is 32.9. The third kappa shape index (κ3) is 15.9. The summed E-state index contributed by atoms with van der Waals surface area (Å²) in [5, 5.41) is 12.8. The van der Waals surface area contributed by atoms with Gasteiger partial charge in [0.15, 0.2) is 19.9 Å². The Bertz CT molecular complexity index is 1210. The molecule has 0 spiro atoms. The van der Waals surface area contributed by atoms with E-state index in [1.165, 1.54) is 0 Å². The van der Waals surface area contributed by atoms with Gasteiger partial charge in [-0.05, 0) is 78.4 Å². The molecule has 0 radical (unpaired) electrons. The maximum Gasteiger partial charge on any atom is 0.192 e. The number of aliphatic hydroxyl groups excluding tert-OH is 2. The maximum atomic E-state index is 11.5. The van der Waals surface area contributed by atoms with Gasteiger partial charge in [-0.15, -0.1) is 104 Å². The molecule has 0 aromatic rings. The molecule has 2 N–H and O–H groups in total. The number of allylic oxidation sites excluding steroid dienone is 1. The van der Waals surface area contributed by atoms with Crippen LogP contribution in [0.3, 0.4) is 0 Å². The van der Waals surface area contributed by atoms with Crippen molar-refractivity contribution < 1.29 is 33.6 Å².